The van der Waals surface area contributed by atoms with E-state index < -0.39 is 0 Å². The van der Waals surface area contributed by atoms with Crippen molar-refractivity contribution >= 4 is 12.4 Å². The number of halogens is 1. The summed E-state index contributed by atoms with van der Waals surface area (Å²) in [5.41, 5.74) is 3.73. The van der Waals surface area contributed by atoms with Crippen molar-refractivity contribution in [2.75, 3.05) is 0 Å². The van der Waals surface area contributed by atoms with E-state index in [1.54, 1.807) is 18.3 Å². The Balaban J connectivity index is 2.00. The van der Waals surface area contributed by atoms with Gasteiger partial charge in [0.15, 0.2) is 0 Å². The molecule has 2 aromatic rings. The van der Waals surface area contributed by atoms with Gasteiger partial charge in [-0.05, 0) is 35.6 Å². The van der Waals surface area contributed by atoms with Crippen molar-refractivity contribution < 1.29 is 4.39 Å². The van der Waals surface area contributed by atoms with Crippen LogP contribution < -0.4 is 0 Å². The number of rotatable bonds is 6. The van der Waals surface area contributed by atoms with E-state index in [0.29, 0.717) is 5.56 Å². The van der Waals surface area contributed by atoms with E-state index in [-0.39, 0.29) is 5.82 Å². The topological polar surface area (TPSA) is 24.7 Å². The van der Waals surface area contributed by atoms with Gasteiger partial charge >= 0.3 is 0 Å². The second kappa shape index (κ2) is 8.23. The molecule has 0 aliphatic heterocycles. The molecule has 2 nitrogen and oxygen atoms in total. The SMILES string of the molecule is CCCc1ccc(/C=N/N=C/c2ccc(CC)cc2)c(F)c1. The Morgan fingerprint density at radius 2 is 1.59 bits per heavy atom. The smallest absolute Gasteiger partial charge is 0.132 e. The third-order valence-electron chi connectivity index (χ3n) is 3.46. The van der Waals surface area contributed by atoms with Crippen molar-refractivity contribution in [3.63, 3.8) is 0 Å². The zero-order valence-electron chi connectivity index (χ0n) is 13.1. The van der Waals surface area contributed by atoms with E-state index >= 15 is 0 Å². The molecule has 2 aromatic carbocycles. The first-order valence-corrected chi connectivity index (χ1v) is 7.66. The Morgan fingerprint density at radius 1 is 0.909 bits per heavy atom. The summed E-state index contributed by atoms with van der Waals surface area (Å²) >= 11 is 0. The quantitative estimate of drug-likeness (QED) is 0.540. The van der Waals surface area contributed by atoms with Gasteiger partial charge in [-0.25, -0.2) is 4.39 Å². The lowest BCUT2D eigenvalue weighted by molar-refractivity contribution is 0.623. The molecule has 3 heteroatoms. The first-order valence-electron chi connectivity index (χ1n) is 7.66. The molecule has 0 saturated heterocycles. The highest BCUT2D eigenvalue weighted by molar-refractivity contribution is 5.82. The molecule has 0 heterocycles. The monoisotopic (exact) mass is 296 g/mol. The maximum atomic E-state index is 13.9. The fraction of sp³-hybridized carbons (Fsp3) is 0.263. The van der Waals surface area contributed by atoms with E-state index in [0.717, 1.165) is 30.4 Å². The van der Waals surface area contributed by atoms with E-state index in [4.69, 9.17) is 0 Å². The van der Waals surface area contributed by atoms with E-state index in [1.807, 2.05) is 18.2 Å². The Kier molecular flexibility index (Phi) is 6.01. The van der Waals surface area contributed by atoms with Crippen molar-refractivity contribution in [2.24, 2.45) is 10.2 Å². The second-order valence-electron chi connectivity index (χ2n) is 5.19. The zero-order valence-corrected chi connectivity index (χ0v) is 13.1. The molecule has 0 spiro atoms. The molecule has 114 valence electrons. The third kappa shape index (κ3) is 4.62. The summed E-state index contributed by atoms with van der Waals surface area (Å²) in [7, 11) is 0. The first-order chi connectivity index (χ1) is 10.7. The Labute approximate surface area is 131 Å². The highest BCUT2D eigenvalue weighted by Crippen LogP contribution is 2.10. The van der Waals surface area contributed by atoms with Crippen LogP contribution in [0.3, 0.4) is 0 Å². The fourth-order valence-corrected chi connectivity index (χ4v) is 2.15. The standard InChI is InChI=1S/C19H21FN2/c1-3-5-16-10-11-18(19(20)12-16)14-22-21-13-17-8-6-15(4-2)7-9-17/h6-14H,3-5H2,1-2H3/b21-13+,22-14+. The van der Waals surface area contributed by atoms with Crippen LogP contribution in [0.1, 0.15) is 42.5 Å². The van der Waals surface area contributed by atoms with Crippen LogP contribution in [0.15, 0.2) is 52.7 Å². The maximum absolute atomic E-state index is 13.9. The van der Waals surface area contributed by atoms with Gasteiger partial charge in [0.05, 0.1) is 12.4 Å². The summed E-state index contributed by atoms with van der Waals surface area (Å²) in [5, 5.41) is 7.89. The van der Waals surface area contributed by atoms with Gasteiger partial charge in [-0.2, -0.15) is 10.2 Å². The molecular weight excluding hydrogens is 275 g/mol. The van der Waals surface area contributed by atoms with Gasteiger partial charge in [0, 0.05) is 5.56 Å². The van der Waals surface area contributed by atoms with Crippen molar-refractivity contribution in [3.8, 4) is 0 Å². The highest BCUT2D eigenvalue weighted by Gasteiger charge is 2.00. The average molecular weight is 296 g/mol. The zero-order chi connectivity index (χ0) is 15.8. The molecule has 0 aliphatic rings. The van der Waals surface area contributed by atoms with Gasteiger partial charge in [-0.3, -0.25) is 0 Å². The minimum absolute atomic E-state index is 0.253. The fourth-order valence-electron chi connectivity index (χ4n) is 2.15. The second-order valence-corrected chi connectivity index (χ2v) is 5.19. The van der Waals surface area contributed by atoms with Gasteiger partial charge in [-0.1, -0.05) is 56.7 Å². The van der Waals surface area contributed by atoms with Crippen LogP contribution in [0.25, 0.3) is 0 Å². The summed E-state index contributed by atoms with van der Waals surface area (Å²) in [4.78, 5) is 0. The van der Waals surface area contributed by atoms with Gasteiger partial charge in [0.2, 0.25) is 0 Å². The Hall–Kier alpha value is -2.29. The normalized spacial score (nSPS) is 11.6. The third-order valence-corrected chi connectivity index (χ3v) is 3.46. The highest BCUT2D eigenvalue weighted by atomic mass is 19.1. The lowest BCUT2D eigenvalue weighted by Crippen LogP contribution is -1.91. The summed E-state index contributed by atoms with van der Waals surface area (Å²) in [6.07, 6.45) is 6.03. The van der Waals surface area contributed by atoms with Crippen molar-refractivity contribution in [1.82, 2.24) is 0 Å². The molecule has 0 aromatic heterocycles. The van der Waals surface area contributed by atoms with Crippen LogP contribution >= 0.6 is 0 Å². The number of aryl methyl sites for hydroxylation is 2. The van der Waals surface area contributed by atoms with Crippen LogP contribution in [-0.4, -0.2) is 12.4 Å². The number of nitrogens with zero attached hydrogens (tertiary/aromatic N) is 2. The minimum atomic E-state index is -0.253. The molecule has 0 radical (unpaired) electrons. The van der Waals surface area contributed by atoms with Crippen molar-refractivity contribution in [1.29, 1.82) is 0 Å². The summed E-state index contributed by atoms with van der Waals surface area (Å²) < 4.78 is 13.9. The molecule has 0 amide bonds. The van der Waals surface area contributed by atoms with E-state index in [1.165, 1.54) is 11.8 Å². The van der Waals surface area contributed by atoms with Gasteiger partial charge in [0.1, 0.15) is 5.82 Å². The van der Waals surface area contributed by atoms with Crippen LogP contribution in [0, 0.1) is 5.82 Å². The molecule has 0 atom stereocenters. The molecule has 22 heavy (non-hydrogen) atoms. The van der Waals surface area contributed by atoms with Crippen molar-refractivity contribution in [2.45, 2.75) is 33.1 Å². The predicted molar refractivity (Wildman–Crippen MR) is 91.4 cm³/mol. The lowest BCUT2D eigenvalue weighted by Gasteiger charge is -2.00. The minimum Gasteiger partial charge on any atom is -0.206 e. The maximum Gasteiger partial charge on any atom is 0.132 e. The Morgan fingerprint density at radius 3 is 2.23 bits per heavy atom. The molecule has 0 bridgehead atoms. The largest absolute Gasteiger partial charge is 0.206 e. The van der Waals surface area contributed by atoms with Crippen LogP contribution in [0.5, 0.6) is 0 Å². The summed E-state index contributed by atoms with van der Waals surface area (Å²) in [5.74, 6) is -0.253. The molecule has 0 N–H and O–H groups in total. The molecule has 2 rings (SSSR count). The molecule has 0 saturated carbocycles. The molecule has 0 unspecified atom stereocenters. The van der Waals surface area contributed by atoms with E-state index in [2.05, 4.69) is 36.2 Å². The summed E-state index contributed by atoms with van der Waals surface area (Å²) in [6, 6.07) is 13.4. The van der Waals surface area contributed by atoms with Gasteiger partial charge in [0.25, 0.3) is 0 Å². The number of benzene rings is 2. The van der Waals surface area contributed by atoms with Crippen LogP contribution in [0.4, 0.5) is 4.39 Å². The average Bonchev–Trinajstić information content (AvgIpc) is 2.54. The predicted octanol–water partition coefficient (Wildman–Crippen LogP) is 4.79. The molecular formula is C19H21FN2. The lowest BCUT2D eigenvalue weighted by atomic mass is 10.1. The van der Waals surface area contributed by atoms with Crippen LogP contribution in [0.2, 0.25) is 0 Å². The Bertz CT molecular complexity index is 658. The van der Waals surface area contributed by atoms with Gasteiger partial charge in [-0.15, -0.1) is 0 Å². The number of hydrogen-bond donors (Lipinski definition) is 0. The number of hydrogen-bond acceptors (Lipinski definition) is 2. The molecule has 0 aliphatic carbocycles. The van der Waals surface area contributed by atoms with Crippen LogP contribution in [-0.2, 0) is 12.8 Å². The molecule has 0 fully saturated rings. The first kappa shape index (κ1) is 16.1. The van der Waals surface area contributed by atoms with Crippen molar-refractivity contribution in [3.05, 3.63) is 70.5 Å². The summed E-state index contributed by atoms with van der Waals surface area (Å²) in [6.45, 7) is 4.20. The van der Waals surface area contributed by atoms with Gasteiger partial charge < -0.3 is 0 Å². The van der Waals surface area contributed by atoms with E-state index in [9.17, 15) is 4.39 Å².